The SMILES string of the molecule is O=C(NCc1ccc(Cl)cc1)NC[C@@H](c1cccs1)n1cccn1. The molecule has 2 aromatic heterocycles. The van der Waals surface area contributed by atoms with E-state index in [9.17, 15) is 4.79 Å². The summed E-state index contributed by atoms with van der Waals surface area (Å²) >= 11 is 7.50. The van der Waals surface area contributed by atoms with Crippen LogP contribution in [0.3, 0.4) is 0 Å². The molecule has 3 rings (SSSR count). The number of thiophene rings is 1. The zero-order valence-electron chi connectivity index (χ0n) is 12.9. The van der Waals surface area contributed by atoms with Crippen molar-refractivity contribution in [3.8, 4) is 0 Å². The standard InChI is InChI=1S/C17H17ClN4OS/c18-14-6-4-13(5-7-14)11-19-17(23)20-12-15(16-3-1-10-24-16)22-9-2-8-21-22/h1-10,15H,11-12H2,(H2,19,20,23)/t15-/m0/s1. The minimum absolute atomic E-state index is 0.0127. The van der Waals surface area contributed by atoms with Crippen molar-refractivity contribution >= 4 is 29.0 Å². The van der Waals surface area contributed by atoms with Crippen LogP contribution in [-0.2, 0) is 6.54 Å². The Morgan fingerprint density at radius 1 is 1.21 bits per heavy atom. The normalized spacial score (nSPS) is 11.9. The molecular formula is C17H17ClN4OS. The molecular weight excluding hydrogens is 344 g/mol. The van der Waals surface area contributed by atoms with E-state index in [2.05, 4.69) is 15.7 Å². The Kier molecular flexibility index (Phi) is 5.51. The van der Waals surface area contributed by atoms with E-state index in [0.717, 1.165) is 10.4 Å². The molecule has 3 aromatic rings. The molecule has 124 valence electrons. The van der Waals surface area contributed by atoms with Gasteiger partial charge in [-0.15, -0.1) is 11.3 Å². The highest BCUT2D eigenvalue weighted by Gasteiger charge is 2.16. The summed E-state index contributed by atoms with van der Waals surface area (Å²) in [5.74, 6) is 0. The molecule has 2 amide bonds. The Balaban J connectivity index is 1.54. The van der Waals surface area contributed by atoms with Gasteiger partial charge in [0.2, 0.25) is 0 Å². The number of nitrogens with one attached hydrogen (secondary N) is 2. The first-order valence-corrected chi connectivity index (χ1v) is 8.77. The Morgan fingerprint density at radius 3 is 2.71 bits per heavy atom. The molecule has 0 fully saturated rings. The van der Waals surface area contributed by atoms with Crippen LogP contribution in [0.5, 0.6) is 0 Å². The van der Waals surface area contributed by atoms with Crippen molar-refractivity contribution in [3.63, 3.8) is 0 Å². The number of rotatable bonds is 6. The lowest BCUT2D eigenvalue weighted by Gasteiger charge is -2.17. The molecule has 0 spiro atoms. The van der Waals surface area contributed by atoms with Crippen molar-refractivity contribution in [2.45, 2.75) is 12.6 Å². The van der Waals surface area contributed by atoms with Gasteiger partial charge in [0.1, 0.15) is 6.04 Å². The number of halogens is 1. The number of aromatic nitrogens is 2. The first-order valence-electron chi connectivity index (χ1n) is 7.51. The summed E-state index contributed by atoms with van der Waals surface area (Å²) in [5, 5.41) is 12.7. The predicted octanol–water partition coefficient (Wildman–Crippen LogP) is 3.69. The highest BCUT2D eigenvalue weighted by atomic mass is 35.5. The first kappa shape index (κ1) is 16.5. The van der Waals surface area contributed by atoms with E-state index >= 15 is 0 Å². The minimum Gasteiger partial charge on any atom is -0.336 e. The van der Waals surface area contributed by atoms with E-state index in [1.807, 2.05) is 46.6 Å². The van der Waals surface area contributed by atoms with E-state index in [0.29, 0.717) is 18.1 Å². The second kappa shape index (κ2) is 7.99. The summed E-state index contributed by atoms with van der Waals surface area (Å²) in [6, 6.07) is 13.1. The maximum atomic E-state index is 12.1. The van der Waals surface area contributed by atoms with Crippen LogP contribution in [0, 0.1) is 0 Å². The number of nitrogens with zero attached hydrogens (tertiary/aromatic N) is 2. The molecule has 0 aliphatic heterocycles. The van der Waals surface area contributed by atoms with Gasteiger partial charge in [0.15, 0.2) is 0 Å². The van der Waals surface area contributed by atoms with Crippen molar-refractivity contribution in [2.75, 3.05) is 6.54 Å². The highest BCUT2D eigenvalue weighted by Crippen LogP contribution is 2.21. The van der Waals surface area contributed by atoms with Crippen molar-refractivity contribution in [1.29, 1.82) is 0 Å². The van der Waals surface area contributed by atoms with Crippen LogP contribution in [0.4, 0.5) is 4.79 Å². The van der Waals surface area contributed by atoms with Crippen molar-refractivity contribution in [3.05, 3.63) is 75.7 Å². The topological polar surface area (TPSA) is 59.0 Å². The van der Waals surface area contributed by atoms with Gasteiger partial charge in [-0.2, -0.15) is 5.10 Å². The third-order valence-electron chi connectivity index (χ3n) is 3.54. The van der Waals surface area contributed by atoms with Gasteiger partial charge in [-0.25, -0.2) is 4.79 Å². The van der Waals surface area contributed by atoms with Gasteiger partial charge in [0.05, 0.1) is 0 Å². The molecule has 1 aromatic carbocycles. The van der Waals surface area contributed by atoms with Crippen molar-refractivity contribution in [2.24, 2.45) is 0 Å². The molecule has 7 heteroatoms. The van der Waals surface area contributed by atoms with Gasteiger partial charge in [0, 0.05) is 35.4 Å². The number of urea groups is 1. The Hall–Kier alpha value is -2.31. The van der Waals surface area contributed by atoms with Crippen molar-refractivity contribution in [1.82, 2.24) is 20.4 Å². The molecule has 0 aliphatic carbocycles. The van der Waals surface area contributed by atoms with Crippen LogP contribution in [0.1, 0.15) is 16.5 Å². The molecule has 2 N–H and O–H groups in total. The molecule has 5 nitrogen and oxygen atoms in total. The fourth-order valence-electron chi connectivity index (χ4n) is 2.31. The van der Waals surface area contributed by atoms with Crippen LogP contribution >= 0.6 is 22.9 Å². The summed E-state index contributed by atoms with van der Waals surface area (Å²) in [5.41, 5.74) is 0.997. The number of carbonyl (C=O) groups is 1. The van der Waals surface area contributed by atoms with Gasteiger partial charge in [-0.1, -0.05) is 29.8 Å². The van der Waals surface area contributed by atoms with E-state index in [1.54, 1.807) is 29.7 Å². The van der Waals surface area contributed by atoms with Gasteiger partial charge >= 0.3 is 6.03 Å². The molecule has 0 saturated carbocycles. The van der Waals surface area contributed by atoms with Gasteiger partial charge in [-0.05, 0) is 35.2 Å². The van der Waals surface area contributed by atoms with Crippen LogP contribution < -0.4 is 10.6 Å². The second-order valence-corrected chi connectivity index (χ2v) is 6.62. The van der Waals surface area contributed by atoms with Gasteiger partial charge in [-0.3, -0.25) is 4.68 Å². The minimum atomic E-state index is -0.210. The molecule has 24 heavy (non-hydrogen) atoms. The second-order valence-electron chi connectivity index (χ2n) is 5.21. The fourth-order valence-corrected chi connectivity index (χ4v) is 3.25. The summed E-state index contributed by atoms with van der Waals surface area (Å²) < 4.78 is 1.85. The molecule has 0 saturated heterocycles. The zero-order valence-corrected chi connectivity index (χ0v) is 14.4. The fraction of sp³-hybridized carbons (Fsp3) is 0.176. The van der Waals surface area contributed by atoms with E-state index in [1.165, 1.54) is 0 Å². The van der Waals surface area contributed by atoms with E-state index in [4.69, 9.17) is 11.6 Å². The lowest BCUT2D eigenvalue weighted by molar-refractivity contribution is 0.239. The maximum Gasteiger partial charge on any atom is 0.315 e. The Labute approximate surface area is 149 Å². The number of hydrogen-bond donors (Lipinski definition) is 2. The van der Waals surface area contributed by atoms with Crippen LogP contribution in [0.25, 0.3) is 0 Å². The zero-order chi connectivity index (χ0) is 16.8. The number of amides is 2. The lowest BCUT2D eigenvalue weighted by atomic mass is 10.2. The Bertz CT molecular complexity index is 722. The molecule has 0 unspecified atom stereocenters. The molecule has 0 aliphatic rings. The summed E-state index contributed by atoms with van der Waals surface area (Å²) in [6.07, 6.45) is 3.64. The summed E-state index contributed by atoms with van der Waals surface area (Å²) in [6.45, 7) is 0.920. The van der Waals surface area contributed by atoms with Crippen LogP contribution in [0.15, 0.2) is 60.2 Å². The van der Waals surface area contributed by atoms with Gasteiger partial charge < -0.3 is 10.6 Å². The quantitative estimate of drug-likeness (QED) is 0.704. The van der Waals surface area contributed by atoms with E-state index < -0.39 is 0 Å². The number of benzene rings is 1. The van der Waals surface area contributed by atoms with Gasteiger partial charge in [0.25, 0.3) is 0 Å². The first-order chi connectivity index (χ1) is 11.7. The molecule has 2 heterocycles. The average Bonchev–Trinajstić information content (AvgIpc) is 3.29. The number of hydrogen-bond acceptors (Lipinski definition) is 3. The van der Waals surface area contributed by atoms with Crippen LogP contribution in [-0.4, -0.2) is 22.4 Å². The largest absolute Gasteiger partial charge is 0.336 e. The van der Waals surface area contributed by atoms with Crippen molar-refractivity contribution < 1.29 is 4.79 Å². The monoisotopic (exact) mass is 360 g/mol. The average molecular weight is 361 g/mol. The predicted molar refractivity (Wildman–Crippen MR) is 96.4 cm³/mol. The molecule has 0 radical (unpaired) electrons. The summed E-state index contributed by atoms with van der Waals surface area (Å²) in [7, 11) is 0. The third-order valence-corrected chi connectivity index (χ3v) is 4.76. The smallest absolute Gasteiger partial charge is 0.315 e. The number of carbonyl (C=O) groups excluding carboxylic acids is 1. The Morgan fingerprint density at radius 2 is 2.04 bits per heavy atom. The van der Waals surface area contributed by atoms with Crippen LogP contribution in [0.2, 0.25) is 5.02 Å². The third kappa shape index (κ3) is 4.37. The lowest BCUT2D eigenvalue weighted by Crippen LogP contribution is -2.38. The summed E-state index contributed by atoms with van der Waals surface area (Å²) in [4.78, 5) is 13.2. The highest BCUT2D eigenvalue weighted by molar-refractivity contribution is 7.10. The van der Waals surface area contributed by atoms with E-state index in [-0.39, 0.29) is 12.1 Å². The molecule has 0 bridgehead atoms. The molecule has 1 atom stereocenters. The maximum absolute atomic E-state index is 12.1.